The normalized spacial score (nSPS) is 11.3. The van der Waals surface area contributed by atoms with Gasteiger partial charge in [0.1, 0.15) is 22.1 Å². The van der Waals surface area contributed by atoms with E-state index in [-0.39, 0.29) is 0 Å². The third-order valence-corrected chi connectivity index (χ3v) is 5.18. The van der Waals surface area contributed by atoms with Gasteiger partial charge in [0.05, 0.1) is 14.2 Å². The molecule has 8 heteroatoms. The van der Waals surface area contributed by atoms with Crippen LogP contribution in [0.25, 0.3) is 38.1 Å². The Bertz CT molecular complexity index is 1220. The fourth-order valence-corrected chi connectivity index (χ4v) is 3.74. The lowest BCUT2D eigenvalue weighted by atomic mass is 10.2. The second-order valence-corrected chi connectivity index (χ2v) is 6.83. The van der Waals surface area contributed by atoms with E-state index in [1.807, 2.05) is 48.5 Å². The third kappa shape index (κ3) is 2.61. The van der Waals surface area contributed by atoms with Gasteiger partial charge >= 0.3 is 0 Å². The Morgan fingerprint density at radius 3 is 2.48 bits per heavy atom. The van der Waals surface area contributed by atoms with E-state index in [0.717, 1.165) is 21.5 Å². The van der Waals surface area contributed by atoms with Crippen LogP contribution >= 0.6 is 11.3 Å². The standard InChI is InChI=1S/C19H14N4O3S/c1-24-13-7-12(8-14(10-13)25-2)18-22-23-17(20-21-19(23)27-18)16-9-11-5-3-4-6-15(11)26-16/h3-10H,1-2H3. The van der Waals surface area contributed by atoms with Gasteiger partial charge in [-0.25, -0.2) is 0 Å². The molecule has 0 atom stereocenters. The zero-order valence-corrected chi connectivity index (χ0v) is 15.4. The molecule has 0 aliphatic rings. The van der Waals surface area contributed by atoms with Gasteiger partial charge in [-0.3, -0.25) is 0 Å². The second kappa shape index (κ2) is 6.10. The van der Waals surface area contributed by atoms with Crippen molar-refractivity contribution in [3.63, 3.8) is 0 Å². The first-order valence-electron chi connectivity index (χ1n) is 8.20. The van der Waals surface area contributed by atoms with Crippen molar-refractivity contribution in [3.8, 4) is 33.7 Å². The van der Waals surface area contributed by atoms with Crippen LogP contribution in [-0.2, 0) is 0 Å². The topological polar surface area (TPSA) is 74.7 Å². The summed E-state index contributed by atoms with van der Waals surface area (Å²) >= 11 is 1.44. The van der Waals surface area contributed by atoms with Crippen LogP contribution in [0.5, 0.6) is 11.5 Å². The number of para-hydroxylation sites is 1. The Kier molecular flexibility index (Phi) is 3.58. The molecule has 0 bridgehead atoms. The number of methoxy groups -OCH3 is 2. The Balaban J connectivity index is 1.63. The molecule has 0 saturated carbocycles. The van der Waals surface area contributed by atoms with Crippen molar-refractivity contribution in [1.29, 1.82) is 0 Å². The highest BCUT2D eigenvalue weighted by Gasteiger charge is 2.18. The fourth-order valence-electron chi connectivity index (χ4n) is 2.91. The highest BCUT2D eigenvalue weighted by molar-refractivity contribution is 7.19. The van der Waals surface area contributed by atoms with Gasteiger partial charge in [-0.2, -0.15) is 9.61 Å². The number of hydrogen-bond donors (Lipinski definition) is 0. The Hall–Kier alpha value is -3.39. The van der Waals surface area contributed by atoms with Gasteiger partial charge in [0.25, 0.3) is 0 Å². The summed E-state index contributed by atoms with van der Waals surface area (Å²) in [6, 6.07) is 15.4. The SMILES string of the molecule is COc1cc(OC)cc(-c2nn3c(-c4cc5ccccc5o4)nnc3s2)c1. The zero-order chi connectivity index (χ0) is 18.4. The summed E-state index contributed by atoms with van der Waals surface area (Å²) in [6.45, 7) is 0. The smallest absolute Gasteiger partial charge is 0.235 e. The van der Waals surface area contributed by atoms with Crippen LogP contribution in [0.3, 0.4) is 0 Å². The van der Waals surface area contributed by atoms with E-state index < -0.39 is 0 Å². The minimum atomic E-state index is 0.568. The summed E-state index contributed by atoms with van der Waals surface area (Å²) in [4.78, 5) is 0.683. The molecule has 0 radical (unpaired) electrons. The maximum absolute atomic E-state index is 5.91. The lowest BCUT2D eigenvalue weighted by Crippen LogP contribution is -1.91. The van der Waals surface area contributed by atoms with Crippen molar-refractivity contribution in [2.24, 2.45) is 0 Å². The van der Waals surface area contributed by atoms with Crippen LogP contribution < -0.4 is 9.47 Å². The molecule has 0 N–H and O–H groups in total. The fraction of sp³-hybridized carbons (Fsp3) is 0.105. The Morgan fingerprint density at radius 2 is 1.74 bits per heavy atom. The highest BCUT2D eigenvalue weighted by Crippen LogP contribution is 2.34. The molecule has 5 aromatic rings. The third-order valence-electron chi connectivity index (χ3n) is 4.24. The molecular weight excluding hydrogens is 364 g/mol. The van der Waals surface area contributed by atoms with Gasteiger partial charge in [-0.05, 0) is 24.3 Å². The molecule has 0 unspecified atom stereocenters. The first kappa shape index (κ1) is 15.8. The number of rotatable bonds is 4. The number of furan rings is 1. The van der Waals surface area contributed by atoms with E-state index >= 15 is 0 Å². The van der Waals surface area contributed by atoms with Crippen LogP contribution in [0, 0.1) is 0 Å². The zero-order valence-electron chi connectivity index (χ0n) is 14.5. The average Bonchev–Trinajstić information content (AvgIpc) is 3.40. The molecule has 0 amide bonds. The molecule has 134 valence electrons. The van der Waals surface area contributed by atoms with Crippen LogP contribution in [0.15, 0.2) is 52.9 Å². The van der Waals surface area contributed by atoms with Crippen molar-refractivity contribution in [3.05, 3.63) is 48.5 Å². The average molecular weight is 378 g/mol. The predicted octanol–water partition coefficient (Wildman–Crippen LogP) is 4.28. The Morgan fingerprint density at radius 1 is 0.963 bits per heavy atom. The number of ether oxygens (including phenoxy) is 2. The minimum Gasteiger partial charge on any atom is -0.497 e. The molecule has 0 aliphatic heterocycles. The van der Waals surface area contributed by atoms with Gasteiger partial charge in [-0.15, -0.1) is 10.2 Å². The molecule has 0 spiro atoms. The van der Waals surface area contributed by atoms with Crippen molar-refractivity contribution < 1.29 is 13.9 Å². The number of aromatic nitrogens is 4. The molecule has 2 aromatic carbocycles. The van der Waals surface area contributed by atoms with E-state index in [4.69, 9.17) is 13.9 Å². The quantitative estimate of drug-likeness (QED) is 0.465. The van der Waals surface area contributed by atoms with Crippen LogP contribution in [-0.4, -0.2) is 34.0 Å². The summed E-state index contributed by atoms with van der Waals surface area (Å²) in [7, 11) is 3.24. The van der Waals surface area contributed by atoms with E-state index in [9.17, 15) is 0 Å². The molecular formula is C19H14N4O3S. The number of nitrogens with zero attached hydrogens (tertiary/aromatic N) is 4. The molecule has 3 aromatic heterocycles. The lowest BCUT2D eigenvalue weighted by Gasteiger charge is -2.06. The minimum absolute atomic E-state index is 0.568. The summed E-state index contributed by atoms with van der Waals surface area (Å²) in [6.07, 6.45) is 0. The van der Waals surface area contributed by atoms with E-state index in [2.05, 4.69) is 15.3 Å². The van der Waals surface area contributed by atoms with Gasteiger partial charge < -0.3 is 13.9 Å². The van der Waals surface area contributed by atoms with Crippen molar-refractivity contribution in [2.75, 3.05) is 14.2 Å². The van der Waals surface area contributed by atoms with Gasteiger partial charge in [0, 0.05) is 17.0 Å². The molecule has 0 saturated heterocycles. The highest BCUT2D eigenvalue weighted by atomic mass is 32.1. The molecule has 0 aliphatic carbocycles. The molecule has 0 fully saturated rings. The summed E-state index contributed by atoms with van der Waals surface area (Å²) in [5.74, 6) is 2.60. The van der Waals surface area contributed by atoms with Gasteiger partial charge in [-0.1, -0.05) is 29.5 Å². The van der Waals surface area contributed by atoms with Crippen LogP contribution in [0.4, 0.5) is 0 Å². The van der Waals surface area contributed by atoms with Gasteiger partial charge in [0.2, 0.25) is 10.8 Å². The van der Waals surface area contributed by atoms with Crippen molar-refractivity contribution in [1.82, 2.24) is 19.8 Å². The number of benzene rings is 2. The molecule has 27 heavy (non-hydrogen) atoms. The van der Waals surface area contributed by atoms with Gasteiger partial charge in [0.15, 0.2) is 5.76 Å². The van der Waals surface area contributed by atoms with E-state index in [1.54, 1.807) is 18.7 Å². The largest absolute Gasteiger partial charge is 0.497 e. The number of fused-ring (bicyclic) bond motifs is 2. The summed E-state index contributed by atoms with van der Waals surface area (Å²) < 4.78 is 18.3. The number of hydrogen-bond acceptors (Lipinski definition) is 7. The monoisotopic (exact) mass is 378 g/mol. The van der Waals surface area contributed by atoms with Crippen molar-refractivity contribution >= 4 is 27.3 Å². The maximum atomic E-state index is 5.91. The first-order chi connectivity index (χ1) is 13.2. The first-order valence-corrected chi connectivity index (χ1v) is 9.01. The Labute approximate surface area is 157 Å². The summed E-state index contributed by atoms with van der Waals surface area (Å²) in [5, 5.41) is 15.0. The molecule has 7 nitrogen and oxygen atoms in total. The van der Waals surface area contributed by atoms with Crippen molar-refractivity contribution in [2.45, 2.75) is 0 Å². The summed E-state index contributed by atoms with van der Waals surface area (Å²) in [5.41, 5.74) is 1.69. The van der Waals surface area contributed by atoms with E-state index in [0.29, 0.717) is 28.0 Å². The van der Waals surface area contributed by atoms with Crippen LogP contribution in [0.2, 0.25) is 0 Å². The van der Waals surface area contributed by atoms with E-state index in [1.165, 1.54) is 11.3 Å². The maximum Gasteiger partial charge on any atom is 0.235 e. The second-order valence-electron chi connectivity index (χ2n) is 5.88. The van der Waals surface area contributed by atoms with Crippen LogP contribution in [0.1, 0.15) is 0 Å². The lowest BCUT2D eigenvalue weighted by molar-refractivity contribution is 0.394. The molecule has 3 heterocycles. The molecule has 5 rings (SSSR count). The predicted molar refractivity (Wildman–Crippen MR) is 102 cm³/mol.